The second-order valence-corrected chi connectivity index (χ2v) is 5.92. The monoisotopic (exact) mass is 284 g/mol. The fourth-order valence-electron chi connectivity index (χ4n) is 2.65. The molecule has 0 bridgehead atoms. The quantitative estimate of drug-likeness (QED) is 0.737. The standard InChI is InChI=1S/C15H18Cl2O/c16-14-6-3-7-15(17)13(14)10-12(18)9-8-11-4-1-2-5-11/h3,6-7,11H,1-2,4-5,8-10H2. The summed E-state index contributed by atoms with van der Waals surface area (Å²) in [4.78, 5) is 12.0. The maximum atomic E-state index is 12.0. The number of benzene rings is 1. The summed E-state index contributed by atoms with van der Waals surface area (Å²) in [7, 11) is 0. The van der Waals surface area contributed by atoms with Gasteiger partial charge < -0.3 is 0 Å². The summed E-state index contributed by atoms with van der Waals surface area (Å²) in [6, 6.07) is 5.37. The Morgan fingerprint density at radius 2 is 1.78 bits per heavy atom. The molecule has 0 radical (unpaired) electrons. The van der Waals surface area contributed by atoms with Crippen LogP contribution in [0.15, 0.2) is 18.2 Å². The van der Waals surface area contributed by atoms with Crippen molar-refractivity contribution in [3.63, 3.8) is 0 Å². The van der Waals surface area contributed by atoms with Crippen molar-refractivity contribution in [1.29, 1.82) is 0 Å². The number of hydrogen-bond acceptors (Lipinski definition) is 1. The maximum absolute atomic E-state index is 12.0. The summed E-state index contributed by atoms with van der Waals surface area (Å²) in [5.41, 5.74) is 0.775. The van der Waals surface area contributed by atoms with E-state index in [1.165, 1.54) is 25.7 Å². The fourth-order valence-corrected chi connectivity index (χ4v) is 3.18. The van der Waals surface area contributed by atoms with Gasteiger partial charge in [-0.1, -0.05) is 55.0 Å². The summed E-state index contributed by atoms with van der Waals surface area (Å²) in [6.07, 6.45) is 7.29. The molecule has 0 spiro atoms. The van der Waals surface area contributed by atoms with Gasteiger partial charge in [0.1, 0.15) is 5.78 Å². The third kappa shape index (κ3) is 3.73. The molecule has 18 heavy (non-hydrogen) atoms. The van der Waals surface area contributed by atoms with Crippen LogP contribution in [-0.2, 0) is 11.2 Å². The van der Waals surface area contributed by atoms with Crippen LogP contribution in [0, 0.1) is 5.92 Å². The molecule has 0 unspecified atom stereocenters. The van der Waals surface area contributed by atoms with Crippen LogP contribution in [-0.4, -0.2) is 5.78 Å². The van der Waals surface area contributed by atoms with Crippen LogP contribution < -0.4 is 0 Å². The highest BCUT2D eigenvalue weighted by atomic mass is 35.5. The van der Waals surface area contributed by atoms with Crippen LogP contribution in [0.1, 0.15) is 44.1 Å². The largest absolute Gasteiger partial charge is 0.299 e. The molecular formula is C15H18Cl2O. The molecule has 0 N–H and O–H groups in total. The van der Waals surface area contributed by atoms with Gasteiger partial charge in [0, 0.05) is 22.9 Å². The van der Waals surface area contributed by atoms with Crippen molar-refractivity contribution >= 4 is 29.0 Å². The van der Waals surface area contributed by atoms with Crippen molar-refractivity contribution in [2.75, 3.05) is 0 Å². The molecular weight excluding hydrogens is 267 g/mol. The number of hydrogen-bond donors (Lipinski definition) is 0. The Kier molecular flexibility index (Phi) is 5.08. The number of rotatable bonds is 5. The van der Waals surface area contributed by atoms with Gasteiger partial charge in [-0.25, -0.2) is 0 Å². The van der Waals surface area contributed by atoms with Crippen molar-refractivity contribution in [3.05, 3.63) is 33.8 Å². The van der Waals surface area contributed by atoms with E-state index in [2.05, 4.69) is 0 Å². The normalized spacial score (nSPS) is 16.1. The lowest BCUT2D eigenvalue weighted by Crippen LogP contribution is -2.06. The second-order valence-electron chi connectivity index (χ2n) is 5.10. The molecule has 2 rings (SSSR count). The summed E-state index contributed by atoms with van der Waals surface area (Å²) in [5, 5.41) is 1.19. The molecule has 1 aliphatic rings. The van der Waals surface area contributed by atoms with Crippen molar-refractivity contribution in [2.45, 2.75) is 44.9 Å². The van der Waals surface area contributed by atoms with Crippen molar-refractivity contribution < 1.29 is 4.79 Å². The Morgan fingerprint density at radius 1 is 1.17 bits per heavy atom. The maximum Gasteiger partial charge on any atom is 0.137 e. The van der Waals surface area contributed by atoms with E-state index in [9.17, 15) is 4.79 Å². The molecule has 1 aliphatic carbocycles. The second kappa shape index (κ2) is 6.58. The van der Waals surface area contributed by atoms with E-state index in [1.807, 2.05) is 0 Å². The molecule has 0 atom stereocenters. The number of ketones is 1. The lowest BCUT2D eigenvalue weighted by molar-refractivity contribution is -0.118. The molecule has 0 aromatic heterocycles. The summed E-state index contributed by atoms with van der Waals surface area (Å²) < 4.78 is 0. The van der Waals surface area contributed by atoms with E-state index in [4.69, 9.17) is 23.2 Å². The topological polar surface area (TPSA) is 17.1 Å². The van der Waals surface area contributed by atoms with Gasteiger partial charge in [0.15, 0.2) is 0 Å². The zero-order chi connectivity index (χ0) is 13.0. The van der Waals surface area contributed by atoms with Crippen molar-refractivity contribution in [1.82, 2.24) is 0 Å². The molecule has 98 valence electrons. The van der Waals surface area contributed by atoms with E-state index in [0.29, 0.717) is 22.9 Å². The number of carbonyl (C=O) groups excluding carboxylic acids is 1. The molecule has 0 saturated heterocycles. The Morgan fingerprint density at radius 3 is 2.39 bits per heavy atom. The molecule has 3 heteroatoms. The van der Waals surface area contributed by atoms with E-state index < -0.39 is 0 Å². The molecule has 1 aromatic rings. The first-order chi connectivity index (χ1) is 8.66. The fraction of sp³-hybridized carbons (Fsp3) is 0.533. The average molecular weight is 285 g/mol. The molecule has 1 saturated carbocycles. The average Bonchev–Trinajstić information content (AvgIpc) is 2.84. The van der Waals surface area contributed by atoms with Crippen LogP contribution >= 0.6 is 23.2 Å². The molecule has 1 fully saturated rings. The van der Waals surface area contributed by atoms with Gasteiger partial charge in [-0.3, -0.25) is 4.79 Å². The Hall–Kier alpha value is -0.530. The highest BCUT2D eigenvalue weighted by Gasteiger charge is 2.17. The third-order valence-electron chi connectivity index (χ3n) is 3.74. The minimum atomic E-state index is 0.247. The van der Waals surface area contributed by atoms with Gasteiger partial charge in [0.05, 0.1) is 0 Å². The lowest BCUT2D eigenvalue weighted by atomic mass is 9.97. The first-order valence-electron chi connectivity index (χ1n) is 6.61. The summed E-state index contributed by atoms with van der Waals surface area (Å²) in [5.74, 6) is 1.01. The van der Waals surface area contributed by atoms with Gasteiger partial charge >= 0.3 is 0 Å². The minimum absolute atomic E-state index is 0.247. The zero-order valence-corrected chi connectivity index (χ0v) is 11.9. The van der Waals surface area contributed by atoms with Gasteiger partial charge in [-0.15, -0.1) is 0 Å². The third-order valence-corrected chi connectivity index (χ3v) is 4.45. The number of halogens is 2. The minimum Gasteiger partial charge on any atom is -0.299 e. The van der Waals surface area contributed by atoms with Crippen LogP contribution in [0.5, 0.6) is 0 Å². The Bertz CT molecular complexity index is 402. The number of Topliss-reactive ketones (excluding diaryl/α,β-unsaturated/α-hetero) is 1. The predicted octanol–water partition coefficient (Wildman–Crippen LogP) is 5.08. The summed E-state index contributed by atoms with van der Waals surface area (Å²) in [6.45, 7) is 0. The number of carbonyl (C=O) groups is 1. The van der Waals surface area contributed by atoms with Crippen LogP contribution in [0.3, 0.4) is 0 Å². The summed E-state index contributed by atoms with van der Waals surface area (Å²) >= 11 is 12.1. The van der Waals surface area contributed by atoms with Crippen LogP contribution in [0.2, 0.25) is 10.0 Å². The molecule has 0 aliphatic heterocycles. The molecule has 0 heterocycles. The van der Waals surface area contributed by atoms with E-state index in [0.717, 1.165) is 17.9 Å². The van der Waals surface area contributed by atoms with E-state index in [1.54, 1.807) is 18.2 Å². The van der Waals surface area contributed by atoms with E-state index >= 15 is 0 Å². The van der Waals surface area contributed by atoms with Gasteiger partial charge in [0.2, 0.25) is 0 Å². The van der Waals surface area contributed by atoms with Crippen LogP contribution in [0.25, 0.3) is 0 Å². The van der Waals surface area contributed by atoms with Crippen LogP contribution in [0.4, 0.5) is 0 Å². The smallest absolute Gasteiger partial charge is 0.137 e. The lowest BCUT2D eigenvalue weighted by Gasteiger charge is -2.09. The van der Waals surface area contributed by atoms with E-state index in [-0.39, 0.29) is 5.78 Å². The van der Waals surface area contributed by atoms with Crippen molar-refractivity contribution in [2.24, 2.45) is 5.92 Å². The predicted molar refractivity (Wildman–Crippen MR) is 76.4 cm³/mol. The van der Waals surface area contributed by atoms with Gasteiger partial charge in [-0.05, 0) is 30.0 Å². The first-order valence-corrected chi connectivity index (χ1v) is 7.37. The molecule has 1 aromatic carbocycles. The first kappa shape index (κ1) is 13.9. The molecule has 1 nitrogen and oxygen atoms in total. The van der Waals surface area contributed by atoms with Gasteiger partial charge in [-0.2, -0.15) is 0 Å². The highest BCUT2D eigenvalue weighted by molar-refractivity contribution is 6.36. The Balaban J connectivity index is 1.86. The highest BCUT2D eigenvalue weighted by Crippen LogP contribution is 2.29. The van der Waals surface area contributed by atoms with Crippen molar-refractivity contribution in [3.8, 4) is 0 Å². The van der Waals surface area contributed by atoms with Gasteiger partial charge in [0.25, 0.3) is 0 Å². The molecule has 0 amide bonds. The Labute approximate surface area is 118 Å². The zero-order valence-electron chi connectivity index (χ0n) is 10.4. The SMILES string of the molecule is O=C(CCC1CCCC1)Cc1c(Cl)cccc1Cl.